The van der Waals surface area contributed by atoms with Crippen LogP contribution in [0.3, 0.4) is 0 Å². The highest BCUT2D eigenvalue weighted by Gasteiger charge is 2.28. The maximum absolute atomic E-state index is 11.2. The Morgan fingerprint density at radius 3 is 2.53 bits per heavy atom. The predicted molar refractivity (Wildman–Crippen MR) is 56.3 cm³/mol. The van der Waals surface area contributed by atoms with Crippen LogP contribution >= 0.6 is 0 Å². The molecule has 0 saturated heterocycles. The highest BCUT2D eigenvalue weighted by molar-refractivity contribution is 5.84. The molecule has 0 rings (SSSR count). The summed E-state index contributed by atoms with van der Waals surface area (Å²) >= 11 is 0. The zero-order valence-corrected chi connectivity index (χ0v) is 9.71. The first-order valence-electron chi connectivity index (χ1n) is 5.06. The first-order valence-corrected chi connectivity index (χ1v) is 5.06. The molecule has 0 N–H and O–H groups in total. The molecule has 0 aromatic heterocycles. The lowest BCUT2D eigenvalue weighted by Gasteiger charge is -2.17. The summed E-state index contributed by atoms with van der Waals surface area (Å²) in [7, 11) is 1.62. The topological polar surface area (TPSA) is 59.3 Å². The van der Waals surface area contributed by atoms with Crippen molar-refractivity contribution in [1.29, 1.82) is 5.26 Å². The fourth-order valence-corrected chi connectivity index (χ4v) is 1.08. The van der Waals surface area contributed by atoms with Crippen molar-refractivity contribution in [3.63, 3.8) is 0 Å². The lowest BCUT2D eigenvalue weighted by atomic mass is 9.83. The Labute approximate surface area is 91.2 Å². The lowest BCUT2D eigenvalue weighted by molar-refractivity contribution is -0.123. The Balaban J connectivity index is 3.66. The molecule has 0 aromatic rings. The lowest BCUT2D eigenvalue weighted by Crippen LogP contribution is -2.23. The van der Waals surface area contributed by atoms with E-state index in [0.29, 0.717) is 32.7 Å². The average molecular weight is 213 g/mol. The van der Waals surface area contributed by atoms with Gasteiger partial charge in [0.1, 0.15) is 11.2 Å². The molecule has 0 bridgehead atoms. The van der Waals surface area contributed by atoms with Gasteiger partial charge in [0.2, 0.25) is 0 Å². The van der Waals surface area contributed by atoms with E-state index in [1.54, 1.807) is 14.0 Å². The minimum atomic E-state index is -0.857. The molecule has 86 valence electrons. The Hall–Kier alpha value is -0.920. The van der Waals surface area contributed by atoms with Gasteiger partial charge in [0.25, 0.3) is 0 Å². The number of methoxy groups -OCH3 is 1. The molecule has 0 aliphatic rings. The molecule has 1 atom stereocenters. The second kappa shape index (κ2) is 7.38. The molecule has 0 radical (unpaired) electrons. The zero-order valence-electron chi connectivity index (χ0n) is 9.71. The molecule has 0 aromatic carbocycles. The van der Waals surface area contributed by atoms with Crippen LogP contribution in [0.1, 0.15) is 26.7 Å². The number of ether oxygens (including phenoxy) is 2. The SMILES string of the molecule is COCCOCCCC(C)(C#N)C(C)=O. The first-order chi connectivity index (χ1) is 7.06. The number of ketones is 1. The molecular formula is C11H19NO3. The van der Waals surface area contributed by atoms with Crippen molar-refractivity contribution in [2.75, 3.05) is 26.9 Å². The van der Waals surface area contributed by atoms with Crippen molar-refractivity contribution in [2.24, 2.45) is 5.41 Å². The summed E-state index contributed by atoms with van der Waals surface area (Å²) in [5.41, 5.74) is -0.857. The number of nitrogens with zero attached hydrogens (tertiary/aromatic N) is 1. The summed E-state index contributed by atoms with van der Waals surface area (Å²) in [5, 5.41) is 8.86. The molecule has 0 heterocycles. The van der Waals surface area contributed by atoms with E-state index in [1.807, 2.05) is 0 Å². The van der Waals surface area contributed by atoms with Crippen LogP contribution in [-0.4, -0.2) is 32.7 Å². The van der Waals surface area contributed by atoms with E-state index in [0.717, 1.165) is 0 Å². The van der Waals surface area contributed by atoms with Gasteiger partial charge in [-0.3, -0.25) is 4.79 Å². The van der Waals surface area contributed by atoms with Gasteiger partial charge in [-0.1, -0.05) is 0 Å². The van der Waals surface area contributed by atoms with Crippen molar-refractivity contribution in [2.45, 2.75) is 26.7 Å². The minimum Gasteiger partial charge on any atom is -0.382 e. The van der Waals surface area contributed by atoms with E-state index in [4.69, 9.17) is 14.7 Å². The molecule has 15 heavy (non-hydrogen) atoms. The second-order valence-electron chi connectivity index (χ2n) is 3.71. The highest BCUT2D eigenvalue weighted by atomic mass is 16.5. The molecule has 4 nitrogen and oxygen atoms in total. The Bertz CT molecular complexity index is 234. The van der Waals surface area contributed by atoms with Gasteiger partial charge in [-0.15, -0.1) is 0 Å². The number of carbonyl (C=O) groups is 1. The first kappa shape index (κ1) is 14.1. The predicted octanol–water partition coefficient (Wildman–Crippen LogP) is 1.55. The standard InChI is InChI=1S/C11H19NO3/c1-10(13)11(2,9-12)5-4-6-15-8-7-14-3/h4-8H2,1-3H3. The van der Waals surface area contributed by atoms with Crippen LogP contribution in [0.15, 0.2) is 0 Å². The third-order valence-corrected chi connectivity index (χ3v) is 2.42. The van der Waals surface area contributed by atoms with Crippen LogP contribution in [0.4, 0.5) is 0 Å². The van der Waals surface area contributed by atoms with Crippen LogP contribution in [0.2, 0.25) is 0 Å². The molecule has 1 unspecified atom stereocenters. The average Bonchev–Trinajstić information content (AvgIpc) is 2.22. The van der Waals surface area contributed by atoms with E-state index < -0.39 is 5.41 Å². The zero-order chi connectivity index (χ0) is 11.7. The molecule has 0 spiro atoms. The number of Topliss-reactive ketones (excluding diaryl/α,β-unsaturated/α-hetero) is 1. The Morgan fingerprint density at radius 2 is 2.07 bits per heavy atom. The summed E-state index contributed by atoms with van der Waals surface area (Å²) in [6.07, 6.45) is 1.26. The molecule has 4 heteroatoms. The fourth-order valence-electron chi connectivity index (χ4n) is 1.08. The summed E-state index contributed by atoms with van der Waals surface area (Å²) in [6.45, 7) is 4.81. The summed E-state index contributed by atoms with van der Waals surface area (Å²) in [5.74, 6) is -0.0816. The largest absolute Gasteiger partial charge is 0.382 e. The quantitative estimate of drug-likeness (QED) is 0.574. The van der Waals surface area contributed by atoms with Crippen LogP contribution in [0.25, 0.3) is 0 Å². The van der Waals surface area contributed by atoms with Gasteiger partial charge in [0.05, 0.1) is 19.3 Å². The number of nitriles is 1. The van der Waals surface area contributed by atoms with E-state index in [2.05, 4.69) is 6.07 Å². The van der Waals surface area contributed by atoms with Gasteiger partial charge < -0.3 is 9.47 Å². The summed E-state index contributed by atoms with van der Waals surface area (Å²) < 4.78 is 10.1. The van der Waals surface area contributed by atoms with Gasteiger partial charge >= 0.3 is 0 Å². The Morgan fingerprint density at radius 1 is 1.40 bits per heavy atom. The number of rotatable bonds is 8. The molecule has 0 amide bonds. The highest BCUT2D eigenvalue weighted by Crippen LogP contribution is 2.23. The van der Waals surface area contributed by atoms with Crippen molar-refractivity contribution < 1.29 is 14.3 Å². The number of carbonyl (C=O) groups excluding carboxylic acids is 1. The van der Waals surface area contributed by atoms with Crippen LogP contribution in [-0.2, 0) is 14.3 Å². The number of hydrogen-bond acceptors (Lipinski definition) is 4. The van der Waals surface area contributed by atoms with Gasteiger partial charge in [-0.05, 0) is 26.7 Å². The summed E-state index contributed by atoms with van der Waals surface area (Å²) in [6, 6.07) is 2.05. The molecule has 0 fully saturated rings. The summed E-state index contributed by atoms with van der Waals surface area (Å²) in [4.78, 5) is 11.2. The third-order valence-electron chi connectivity index (χ3n) is 2.42. The maximum Gasteiger partial charge on any atom is 0.149 e. The van der Waals surface area contributed by atoms with Crippen LogP contribution < -0.4 is 0 Å². The van der Waals surface area contributed by atoms with Gasteiger partial charge in [-0.25, -0.2) is 0 Å². The fraction of sp³-hybridized carbons (Fsp3) is 0.818. The second-order valence-corrected chi connectivity index (χ2v) is 3.71. The van der Waals surface area contributed by atoms with Crippen molar-refractivity contribution in [1.82, 2.24) is 0 Å². The monoisotopic (exact) mass is 213 g/mol. The normalized spacial score (nSPS) is 14.3. The van der Waals surface area contributed by atoms with Crippen molar-refractivity contribution in [3.05, 3.63) is 0 Å². The van der Waals surface area contributed by atoms with E-state index in [-0.39, 0.29) is 5.78 Å². The Kier molecular flexibility index (Phi) is 6.93. The van der Waals surface area contributed by atoms with E-state index in [9.17, 15) is 4.79 Å². The van der Waals surface area contributed by atoms with Crippen molar-refractivity contribution in [3.8, 4) is 6.07 Å². The van der Waals surface area contributed by atoms with Crippen molar-refractivity contribution >= 4 is 5.78 Å². The molecule has 0 aliphatic carbocycles. The molecule has 0 aliphatic heterocycles. The maximum atomic E-state index is 11.2. The van der Waals surface area contributed by atoms with Gasteiger partial charge in [0.15, 0.2) is 0 Å². The molecular weight excluding hydrogens is 194 g/mol. The van der Waals surface area contributed by atoms with Gasteiger partial charge in [-0.2, -0.15) is 5.26 Å². The number of hydrogen-bond donors (Lipinski definition) is 0. The third kappa shape index (κ3) is 5.50. The minimum absolute atomic E-state index is 0.0816. The van der Waals surface area contributed by atoms with Crippen LogP contribution in [0, 0.1) is 16.7 Å². The van der Waals surface area contributed by atoms with E-state index >= 15 is 0 Å². The van der Waals surface area contributed by atoms with Gasteiger partial charge in [0, 0.05) is 13.7 Å². The smallest absolute Gasteiger partial charge is 0.149 e. The molecule has 0 saturated carbocycles. The van der Waals surface area contributed by atoms with E-state index in [1.165, 1.54) is 6.92 Å². The van der Waals surface area contributed by atoms with Crippen LogP contribution in [0.5, 0.6) is 0 Å².